The molecule has 0 bridgehead atoms. The van der Waals surface area contributed by atoms with Crippen LogP contribution in [0.4, 0.5) is 0 Å². The molecule has 0 aromatic heterocycles. The summed E-state index contributed by atoms with van der Waals surface area (Å²) in [6, 6.07) is 7.67. The molecule has 12 heavy (non-hydrogen) atoms. The Labute approximate surface area is 90.1 Å². The Morgan fingerprint density at radius 1 is 1.50 bits per heavy atom. The number of benzene rings is 1. The molecule has 0 saturated carbocycles. The van der Waals surface area contributed by atoms with E-state index in [9.17, 15) is 4.79 Å². The van der Waals surface area contributed by atoms with Crippen molar-refractivity contribution >= 4 is 40.1 Å². The first kappa shape index (κ1) is 10.1. The molecule has 64 valence electrons. The first-order chi connectivity index (χ1) is 5.75. The van der Waals surface area contributed by atoms with Crippen molar-refractivity contribution in [3.8, 4) is 0 Å². The summed E-state index contributed by atoms with van der Waals surface area (Å²) in [4.78, 5) is 11.4. The largest absolute Gasteiger partial charge is 0.293 e. The molecule has 0 fully saturated rings. The summed E-state index contributed by atoms with van der Waals surface area (Å²) in [6.07, 6.45) is 1.94. The highest BCUT2D eigenvalue weighted by Crippen LogP contribution is 2.13. The standard InChI is InChI=1S/C9H9IOS/c1-12-6-9(11)7-4-2-3-5-8(7)10/h2-5H,6H2,1H3. The Balaban J connectivity index is 2.87. The van der Waals surface area contributed by atoms with Crippen LogP contribution in [0, 0.1) is 3.57 Å². The van der Waals surface area contributed by atoms with Gasteiger partial charge in [-0.05, 0) is 34.9 Å². The molecule has 0 amide bonds. The van der Waals surface area contributed by atoms with Gasteiger partial charge in [-0.25, -0.2) is 0 Å². The van der Waals surface area contributed by atoms with Crippen LogP contribution in [0.2, 0.25) is 0 Å². The Bertz CT molecular complexity index is 286. The van der Waals surface area contributed by atoms with Gasteiger partial charge >= 0.3 is 0 Å². The molecular weight excluding hydrogens is 283 g/mol. The van der Waals surface area contributed by atoms with Crippen LogP contribution in [0.1, 0.15) is 10.4 Å². The Kier molecular flexibility index (Phi) is 4.08. The molecule has 0 unspecified atom stereocenters. The van der Waals surface area contributed by atoms with Gasteiger partial charge in [0.25, 0.3) is 0 Å². The molecule has 3 heteroatoms. The van der Waals surface area contributed by atoms with Crippen LogP contribution in [-0.4, -0.2) is 17.8 Å². The maximum atomic E-state index is 11.4. The van der Waals surface area contributed by atoms with Crippen LogP contribution in [-0.2, 0) is 0 Å². The second kappa shape index (κ2) is 4.87. The molecule has 1 aromatic rings. The van der Waals surface area contributed by atoms with Crippen molar-refractivity contribution in [1.29, 1.82) is 0 Å². The normalized spacial score (nSPS) is 9.83. The van der Waals surface area contributed by atoms with Crippen molar-refractivity contribution < 1.29 is 4.79 Å². The van der Waals surface area contributed by atoms with E-state index in [1.807, 2.05) is 30.5 Å². The van der Waals surface area contributed by atoms with Crippen molar-refractivity contribution in [1.82, 2.24) is 0 Å². The molecule has 0 heterocycles. The molecule has 1 aromatic carbocycles. The SMILES string of the molecule is CSCC(=O)c1ccccc1I. The van der Waals surface area contributed by atoms with Crippen molar-refractivity contribution in [2.24, 2.45) is 0 Å². The lowest BCUT2D eigenvalue weighted by Gasteiger charge is -2.00. The van der Waals surface area contributed by atoms with Crippen molar-refractivity contribution in [3.05, 3.63) is 33.4 Å². The number of carbonyl (C=O) groups excluding carboxylic acids is 1. The number of ketones is 1. The Morgan fingerprint density at radius 3 is 2.75 bits per heavy atom. The number of hydrogen-bond donors (Lipinski definition) is 0. The lowest BCUT2D eigenvalue weighted by molar-refractivity contribution is 0.102. The maximum absolute atomic E-state index is 11.4. The molecule has 1 rings (SSSR count). The molecule has 0 atom stereocenters. The number of rotatable bonds is 3. The number of carbonyl (C=O) groups is 1. The summed E-state index contributed by atoms with van der Waals surface area (Å²) in [7, 11) is 0. The predicted octanol–water partition coefficient (Wildman–Crippen LogP) is 2.84. The average molecular weight is 292 g/mol. The first-order valence-electron chi connectivity index (χ1n) is 3.52. The average Bonchev–Trinajstić information content (AvgIpc) is 2.05. The minimum Gasteiger partial charge on any atom is -0.293 e. The molecule has 0 aliphatic heterocycles. The maximum Gasteiger partial charge on any atom is 0.173 e. The topological polar surface area (TPSA) is 17.1 Å². The fourth-order valence-corrected chi connectivity index (χ4v) is 2.00. The van der Waals surface area contributed by atoms with Crippen LogP contribution in [0.15, 0.2) is 24.3 Å². The minimum atomic E-state index is 0.215. The van der Waals surface area contributed by atoms with E-state index in [1.165, 1.54) is 0 Å². The third kappa shape index (κ3) is 2.48. The van der Waals surface area contributed by atoms with Gasteiger partial charge in [0.2, 0.25) is 0 Å². The lowest BCUT2D eigenvalue weighted by atomic mass is 10.2. The summed E-state index contributed by atoms with van der Waals surface area (Å²) < 4.78 is 1.04. The Morgan fingerprint density at radius 2 is 2.17 bits per heavy atom. The minimum absolute atomic E-state index is 0.215. The van der Waals surface area contributed by atoms with Gasteiger partial charge in [-0.3, -0.25) is 4.79 Å². The van der Waals surface area contributed by atoms with Gasteiger partial charge in [0.05, 0.1) is 5.75 Å². The van der Waals surface area contributed by atoms with E-state index in [-0.39, 0.29) is 5.78 Å². The molecule has 0 radical (unpaired) electrons. The van der Waals surface area contributed by atoms with E-state index < -0.39 is 0 Å². The molecule has 0 N–H and O–H groups in total. The first-order valence-corrected chi connectivity index (χ1v) is 5.99. The smallest absolute Gasteiger partial charge is 0.173 e. The molecule has 0 aliphatic carbocycles. The third-order valence-corrected chi connectivity index (χ3v) is 2.94. The lowest BCUT2D eigenvalue weighted by Crippen LogP contribution is -2.03. The molecule has 1 nitrogen and oxygen atoms in total. The summed E-state index contributed by atoms with van der Waals surface area (Å²) in [5.41, 5.74) is 0.840. The van der Waals surface area contributed by atoms with Gasteiger partial charge in [-0.2, -0.15) is 11.8 Å². The van der Waals surface area contributed by atoms with E-state index in [2.05, 4.69) is 22.6 Å². The van der Waals surface area contributed by atoms with E-state index in [4.69, 9.17) is 0 Å². The van der Waals surface area contributed by atoms with E-state index in [0.717, 1.165) is 9.13 Å². The molecule has 0 aliphatic rings. The second-order valence-corrected chi connectivity index (χ2v) is 4.36. The van der Waals surface area contributed by atoms with Gasteiger partial charge in [0.15, 0.2) is 5.78 Å². The second-order valence-electron chi connectivity index (χ2n) is 2.34. The van der Waals surface area contributed by atoms with Crippen molar-refractivity contribution in [2.45, 2.75) is 0 Å². The van der Waals surface area contributed by atoms with Crippen LogP contribution >= 0.6 is 34.4 Å². The predicted molar refractivity (Wildman–Crippen MR) is 61.9 cm³/mol. The third-order valence-electron chi connectivity index (χ3n) is 1.45. The van der Waals surface area contributed by atoms with Gasteiger partial charge in [0.1, 0.15) is 0 Å². The number of halogens is 1. The zero-order valence-corrected chi connectivity index (χ0v) is 9.68. The quantitative estimate of drug-likeness (QED) is 0.629. The molecular formula is C9H9IOS. The summed E-state index contributed by atoms with van der Waals surface area (Å²) >= 11 is 3.75. The zero-order chi connectivity index (χ0) is 8.97. The molecule has 0 saturated heterocycles. The highest BCUT2D eigenvalue weighted by atomic mass is 127. The van der Waals surface area contributed by atoms with Gasteiger partial charge < -0.3 is 0 Å². The number of thioether (sulfide) groups is 1. The fourth-order valence-electron chi connectivity index (χ4n) is 0.896. The number of hydrogen-bond acceptors (Lipinski definition) is 2. The van der Waals surface area contributed by atoms with Gasteiger partial charge in [0, 0.05) is 9.13 Å². The van der Waals surface area contributed by atoms with Crippen LogP contribution in [0.25, 0.3) is 0 Å². The summed E-state index contributed by atoms with van der Waals surface area (Å²) in [5.74, 6) is 0.785. The number of Topliss-reactive ketones (excluding diaryl/α,β-unsaturated/α-hetero) is 1. The van der Waals surface area contributed by atoms with Crippen LogP contribution < -0.4 is 0 Å². The van der Waals surface area contributed by atoms with Gasteiger partial charge in [-0.15, -0.1) is 0 Å². The Hall–Kier alpha value is -0.0300. The van der Waals surface area contributed by atoms with E-state index in [0.29, 0.717) is 5.75 Å². The summed E-state index contributed by atoms with van der Waals surface area (Å²) in [6.45, 7) is 0. The zero-order valence-electron chi connectivity index (χ0n) is 6.71. The highest BCUT2D eigenvalue weighted by molar-refractivity contribution is 14.1. The van der Waals surface area contributed by atoms with Gasteiger partial charge in [-0.1, -0.05) is 18.2 Å². The monoisotopic (exact) mass is 292 g/mol. The van der Waals surface area contributed by atoms with E-state index >= 15 is 0 Å². The van der Waals surface area contributed by atoms with E-state index in [1.54, 1.807) is 11.8 Å². The van der Waals surface area contributed by atoms with Crippen LogP contribution in [0.3, 0.4) is 0 Å². The van der Waals surface area contributed by atoms with Crippen molar-refractivity contribution in [3.63, 3.8) is 0 Å². The highest BCUT2D eigenvalue weighted by Gasteiger charge is 2.07. The van der Waals surface area contributed by atoms with Crippen molar-refractivity contribution in [2.75, 3.05) is 12.0 Å². The fraction of sp³-hybridized carbons (Fsp3) is 0.222. The van der Waals surface area contributed by atoms with Crippen LogP contribution in [0.5, 0.6) is 0 Å². The summed E-state index contributed by atoms with van der Waals surface area (Å²) in [5, 5.41) is 0. The molecule has 0 spiro atoms.